The third kappa shape index (κ3) is 4.94. The number of esters is 1. The van der Waals surface area contributed by atoms with E-state index in [1.165, 1.54) is 6.21 Å². The number of hydrogen-bond donors (Lipinski definition) is 1. The van der Waals surface area contributed by atoms with E-state index in [1.807, 2.05) is 18.2 Å². The fraction of sp³-hybridized carbons (Fsp3) is 0.150. The van der Waals surface area contributed by atoms with Gasteiger partial charge in [0.2, 0.25) is 0 Å². The number of nitrogens with zero attached hydrogens (tertiary/aromatic N) is 1. The van der Waals surface area contributed by atoms with Crippen LogP contribution in [0.4, 0.5) is 0 Å². The average Bonchev–Trinajstić information content (AvgIpc) is 3.12. The van der Waals surface area contributed by atoms with Crippen molar-refractivity contribution in [1.82, 2.24) is 5.43 Å². The third-order valence-corrected chi connectivity index (χ3v) is 3.57. The molecule has 0 saturated carbocycles. The first-order chi connectivity index (χ1) is 13.2. The summed E-state index contributed by atoms with van der Waals surface area (Å²) in [6.07, 6.45) is 1.50. The van der Waals surface area contributed by atoms with Crippen LogP contribution in [0.3, 0.4) is 0 Å². The van der Waals surface area contributed by atoms with E-state index in [1.54, 1.807) is 43.3 Å². The summed E-state index contributed by atoms with van der Waals surface area (Å²) in [5.74, 6) is -0.129. The molecule has 1 N–H and O–H groups in total. The molecule has 0 atom stereocenters. The monoisotopic (exact) mass is 366 g/mol. The van der Waals surface area contributed by atoms with Crippen molar-refractivity contribution in [3.8, 4) is 5.75 Å². The molecule has 0 fully saturated rings. The summed E-state index contributed by atoms with van der Waals surface area (Å²) in [7, 11) is 0. The summed E-state index contributed by atoms with van der Waals surface area (Å²) in [6, 6.07) is 15.9. The summed E-state index contributed by atoms with van der Waals surface area (Å²) in [6.45, 7) is 1.91. The van der Waals surface area contributed by atoms with E-state index in [4.69, 9.17) is 13.9 Å². The molecule has 0 unspecified atom stereocenters. The van der Waals surface area contributed by atoms with E-state index in [0.29, 0.717) is 17.9 Å². The number of para-hydroxylation sites is 1. The van der Waals surface area contributed by atoms with Crippen molar-refractivity contribution in [3.05, 3.63) is 65.9 Å². The Morgan fingerprint density at radius 2 is 1.93 bits per heavy atom. The first kappa shape index (κ1) is 18.2. The molecule has 1 heterocycles. The number of hydrazone groups is 1. The number of rotatable bonds is 7. The molecular weight excluding hydrogens is 348 g/mol. The van der Waals surface area contributed by atoms with Gasteiger partial charge in [0.25, 0.3) is 0 Å². The molecule has 1 amide bonds. The van der Waals surface area contributed by atoms with Crippen LogP contribution in [0.5, 0.6) is 5.75 Å². The zero-order chi connectivity index (χ0) is 19.1. The van der Waals surface area contributed by atoms with Gasteiger partial charge < -0.3 is 13.9 Å². The van der Waals surface area contributed by atoms with E-state index < -0.39 is 11.9 Å². The van der Waals surface area contributed by atoms with Gasteiger partial charge in [0.15, 0.2) is 12.4 Å². The molecule has 0 aliphatic rings. The van der Waals surface area contributed by atoms with Gasteiger partial charge in [0.05, 0.1) is 12.8 Å². The molecular formula is C20H18N2O5. The van der Waals surface area contributed by atoms with E-state index in [0.717, 1.165) is 10.9 Å². The summed E-state index contributed by atoms with van der Waals surface area (Å²) < 4.78 is 15.6. The molecule has 27 heavy (non-hydrogen) atoms. The summed E-state index contributed by atoms with van der Waals surface area (Å²) in [4.78, 5) is 23.3. The highest BCUT2D eigenvalue weighted by Gasteiger charge is 2.10. The van der Waals surface area contributed by atoms with Gasteiger partial charge in [-0.15, -0.1) is 0 Å². The molecule has 3 aromatic rings. The second kappa shape index (κ2) is 8.66. The molecule has 0 aliphatic carbocycles. The Hall–Kier alpha value is -3.61. The molecule has 0 bridgehead atoms. The minimum Gasteiger partial charge on any atom is -0.482 e. The Labute approximate surface area is 155 Å². The minimum atomic E-state index is -0.433. The summed E-state index contributed by atoms with van der Waals surface area (Å²) >= 11 is 0. The van der Waals surface area contributed by atoms with Gasteiger partial charge in [-0.2, -0.15) is 5.10 Å². The van der Waals surface area contributed by atoms with Crippen molar-refractivity contribution >= 4 is 29.1 Å². The van der Waals surface area contributed by atoms with Crippen LogP contribution in [-0.4, -0.2) is 31.3 Å². The van der Waals surface area contributed by atoms with Crippen LogP contribution >= 0.6 is 0 Å². The lowest BCUT2D eigenvalue weighted by molar-refractivity contribution is -0.145. The molecule has 138 valence electrons. The number of benzene rings is 2. The van der Waals surface area contributed by atoms with Crippen molar-refractivity contribution in [2.24, 2.45) is 5.10 Å². The normalized spacial score (nSPS) is 10.9. The SMILES string of the molecule is CCOC(=O)COc1ccc(/C=N\NC(=O)c2cc3ccccc3o2)cc1. The van der Waals surface area contributed by atoms with Crippen molar-refractivity contribution in [3.63, 3.8) is 0 Å². The van der Waals surface area contributed by atoms with Crippen LogP contribution in [0, 0.1) is 0 Å². The maximum atomic E-state index is 12.1. The highest BCUT2D eigenvalue weighted by atomic mass is 16.6. The number of hydrogen-bond acceptors (Lipinski definition) is 6. The predicted octanol–water partition coefficient (Wildman–Crippen LogP) is 3.14. The van der Waals surface area contributed by atoms with Crippen molar-refractivity contribution in [1.29, 1.82) is 0 Å². The van der Waals surface area contributed by atoms with Crippen molar-refractivity contribution in [2.45, 2.75) is 6.92 Å². The van der Waals surface area contributed by atoms with Gasteiger partial charge in [0.1, 0.15) is 11.3 Å². The first-order valence-corrected chi connectivity index (χ1v) is 8.36. The van der Waals surface area contributed by atoms with Crippen molar-refractivity contribution in [2.75, 3.05) is 13.2 Å². The Kier molecular flexibility index (Phi) is 5.84. The molecule has 0 radical (unpaired) electrons. The molecule has 0 spiro atoms. The Bertz CT molecular complexity index is 927. The Morgan fingerprint density at radius 3 is 2.67 bits per heavy atom. The maximum Gasteiger partial charge on any atom is 0.344 e. The van der Waals surface area contributed by atoms with E-state index in [2.05, 4.69) is 10.5 Å². The lowest BCUT2D eigenvalue weighted by atomic mass is 10.2. The number of carbonyl (C=O) groups is 2. The lowest BCUT2D eigenvalue weighted by Gasteiger charge is -2.05. The van der Waals surface area contributed by atoms with E-state index in [-0.39, 0.29) is 12.4 Å². The van der Waals surface area contributed by atoms with Gasteiger partial charge in [-0.1, -0.05) is 18.2 Å². The van der Waals surface area contributed by atoms with Crippen LogP contribution in [0.2, 0.25) is 0 Å². The zero-order valence-corrected chi connectivity index (χ0v) is 14.7. The summed E-state index contributed by atoms with van der Waals surface area (Å²) in [5, 5.41) is 4.77. The number of nitrogens with one attached hydrogen (secondary N) is 1. The minimum absolute atomic E-state index is 0.144. The standard InChI is InChI=1S/C20H18N2O5/c1-2-25-19(23)13-26-16-9-7-14(8-10-16)12-21-22-20(24)18-11-15-5-3-4-6-17(15)27-18/h3-12H,2,13H2,1H3,(H,22,24)/b21-12-. The van der Waals surface area contributed by atoms with Crippen LogP contribution in [0.1, 0.15) is 23.0 Å². The van der Waals surface area contributed by atoms with Gasteiger partial charge in [-0.25, -0.2) is 10.2 Å². The lowest BCUT2D eigenvalue weighted by Crippen LogP contribution is -2.16. The van der Waals surface area contributed by atoms with Crippen LogP contribution in [0.25, 0.3) is 11.0 Å². The highest BCUT2D eigenvalue weighted by molar-refractivity contribution is 5.96. The van der Waals surface area contributed by atoms with E-state index >= 15 is 0 Å². The zero-order valence-electron chi connectivity index (χ0n) is 14.7. The largest absolute Gasteiger partial charge is 0.482 e. The number of fused-ring (bicyclic) bond motifs is 1. The smallest absolute Gasteiger partial charge is 0.344 e. The number of amides is 1. The molecule has 7 nitrogen and oxygen atoms in total. The molecule has 2 aromatic carbocycles. The molecule has 7 heteroatoms. The van der Waals surface area contributed by atoms with Crippen molar-refractivity contribution < 1.29 is 23.5 Å². The topological polar surface area (TPSA) is 90.1 Å². The van der Waals surface area contributed by atoms with Crippen LogP contribution in [0.15, 0.2) is 64.1 Å². The summed E-state index contributed by atoms with van der Waals surface area (Å²) in [5.41, 5.74) is 3.82. The Morgan fingerprint density at radius 1 is 1.15 bits per heavy atom. The maximum absolute atomic E-state index is 12.1. The predicted molar refractivity (Wildman–Crippen MR) is 99.8 cm³/mol. The third-order valence-electron chi connectivity index (χ3n) is 3.57. The first-order valence-electron chi connectivity index (χ1n) is 8.36. The second-order valence-corrected chi connectivity index (χ2v) is 5.51. The second-order valence-electron chi connectivity index (χ2n) is 5.51. The fourth-order valence-corrected chi connectivity index (χ4v) is 2.31. The quantitative estimate of drug-likeness (QED) is 0.394. The van der Waals surface area contributed by atoms with Gasteiger partial charge in [-0.3, -0.25) is 4.79 Å². The van der Waals surface area contributed by atoms with Gasteiger partial charge >= 0.3 is 11.9 Å². The molecule has 0 aliphatic heterocycles. The van der Waals surface area contributed by atoms with Gasteiger partial charge in [-0.05, 0) is 48.9 Å². The average molecular weight is 366 g/mol. The molecule has 1 aromatic heterocycles. The number of furan rings is 1. The molecule has 3 rings (SSSR count). The number of carbonyl (C=O) groups excluding carboxylic acids is 2. The van der Waals surface area contributed by atoms with Crippen LogP contribution in [-0.2, 0) is 9.53 Å². The highest BCUT2D eigenvalue weighted by Crippen LogP contribution is 2.18. The van der Waals surface area contributed by atoms with Gasteiger partial charge in [0, 0.05) is 5.39 Å². The van der Waals surface area contributed by atoms with Crippen LogP contribution < -0.4 is 10.2 Å². The fourth-order valence-electron chi connectivity index (χ4n) is 2.31. The number of ether oxygens (including phenoxy) is 2. The molecule has 0 saturated heterocycles. The van der Waals surface area contributed by atoms with E-state index in [9.17, 15) is 9.59 Å². The Balaban J connectivity index is 1.53.